The van der Waals surface area contributed by atoms with Gasteiger partial charge >= 0.3 is 132 Å². The number of hydrogen-bond acceptors (Lipinski definition) is 1. The summed E-state index contributed by atoms with van der Waals surface area (Å²) in [6.45, 7) is 6.27. The van der Waals surface area contributed by atoms with Gasteiger partial charge in [0.2, 0.25) is 0 Å². The van der Waals surface area contributed by atoms with Crippen LogP contribution in [0.1, 0.15) is 24.0 Å². The van der Waals surface area contributed by atoms with Crippen molar-refractivity contribution in [1.82, 2.24) is 0 Å². The quantitative estimate of drug-likeness (QED) is 0.0569. The minimum atomic E-state index is -0.446. The fourth-order valence-electron chi connectivity index (χ4n) is 4.55. The van der Waals surface area contributed by atoms with Gasteiger partial charge in [-0.25, -0.2) is 12.1 Å². The van der Waals surface area contributed by atoms with Crippen LogP contribution in [0.4, 0.5) is 0 Å². The Morgan fingerprint density at radius 1 is 0.600 bits per heavy atom. The molecule has 0 radical (unpaired) electrons. The van der Waals surface area contributed by atoms with Gasteiger partial charge in [-0.15, -0.1) is 0 Å². The number of carbonyl (C=O) groups is 1. The van der Waals surface area contributed by atoms with Crippen molar-refractivity contribution in [2.45, 2.75) is 12.8 Å². The zero-order valence-electron chi connectivity index (χ0n) is 25.0. The van der Waals surface area contributed by atoms with E-state index in [1.165, 1.54) is 15.9 Å². The largest absolute Gasteiger partial charge is 0.214 e. The van der Waals surface area contributed by atoms with Crippen molar-refractivity contribution in [2.75, 3.05) is 0 Å². The molecule has 0 saturated carbocycles. The fourth-order valence-corrected chi connectivity index (χ4v) is 7.00. The van der Waals surface area contributed by atoms with Crippen LogP contribution in [0.5, 0.6) is 0 Å². The Bertz CT molecular complexity index is 1560. The Hall–Kier alpha value is -4.54. The van der Waals surface area contributed by atoms with Crippen LogP contribution in [0.15, 0.2) is 188 Å². The van der Waals surface area contributed by atoms with E-state index < -0.39 is 7.92 Å². The SMILES string of the molecule is CC(=[C]=[Mn])C(=O)C(c1ccccc1)c1ccccc1.[C-]#[O+].c1cc[cH-]c1.c1ccc(P(c2ccccc2)c2ccccc2)cc1. The van der Waals surface area contributed by atoms with Gasteiger partial charge in [-0.1, -0.05) is 91.0 Å². The van der Waals surface area contributed by atoms with Crippen LogP contribution in [0, 0.1) is 6.65 Å². The first kappa shape index (κ1) is 34.9. The van der Waals surface area contributed by atoms with E-state index in [2.05, 4.69) is 118 Å². The number of allylic oxidation sites excluding steroid dienone is 1. The third-order valence-corrected chi connectivity index (χ3v) is 9.52. The predicted molar refractivity (Wildman–Crippen MR) is 185 cm³/mol. The molecule has 4 heteroatoms. The maximum atomic E-state index is 12.5. The van der Waals surface area contributed by atoms with Crippen molar-refractivity contribution < 1.29 is 25.0 Å². The third kappa shape index (κ3) is 11.2. The molecular formula is C41H34MnO2P-. The molecule has 0 fully saturated rings. The molecular weight excluding hydrogens is 610 g/mol. The number of benzene rings is 5. The molecule has 0 aromatic heterocycles. The second kappa shape index (κ2) is 20.4. The zero-order chi connectivity index (χ0) is 32.1. The van der Waals surface area contributed by atoms with Gasteiger partial charge in [0.05, 0.1) is 0 Å². The molecule has 223 valence electrons. The van der Waals surface area contributed by atoms with Crippen molar-refractivity contribution in [3.8, 4) is 0 Å². The smallest absolute Gasteiger partial charge is 0.0134 e. The predicted octanol–water partition coefficient (Wildman–Crippen LogP) is 8.09. The average Bonchev–Trinajstić information content (AvgIpc) is 3.73. The monoisotopic (exact) mass is 644 g/mol. The van der Waals surface area contributed by atoms with Crippen molar-refractivity contribution in [2.24, 2.45) is 0 Å². The molecule has 0 N–H and O–H groups in total. The molecule has 0 aliphatic rings. The third-order valence-electron chi connectivity index (χ3n) is 6.64. The van der Waals surface area contributed by atoms with Crippen LogP contribution in [0.25, 0.3) is 0 Å². The molecule has 0 amide bonds. The van der Waals surface area contributed by atoms with E-state index >= 15 is 0 Å². The van der Waals surface area contributed by atoms with Gasteiger partial charge in [-0.2, -0.15) is 18.2 Å². The minimum Gasteiger partial charge on any atom is -0.214 e. The Balaban J connectivity index is 0.000000203. The van der Waals surface area contributed by atoms with E-state index in [-0.39, 0.29) is 11.7 Å². The van der Waals surface area contributed by atoms with Gasteiger partial charge < -0.3 is 0 Å². The van der Waals surface area contributed by atoms with Gasteiger partial charge in [-0.05, 0) is 23.8 Å². The van der Waals surface area contributed by atoms with E-state index in [4.69, 9.17) is 4.65 Å². The molecule has 6 aromatic rings. The molecule has 0 spiro atoms. The summed E-state index contributed by atoms with van der Waals surface area (Å²) in [6.07, 6.45) is 0. The number of carbonyl (C=O) groups excluding carboxylic acids is 1. The molecule has 0 atom stereocenters. The maximum Gasteiger partial charge on any atom is -0.0134 e. The molecule has 0 bridgehead atoms. The Morgan fingerprint density at radius 3 is 1.18 bits per heavy atom. The maximum absolute atomic E-state index is 12.5. The van der Waals surface area contributed by atoms with E-state index in [0.29, 0.717) is 5.57 Å². The first-order valence-electron chi connectivity index (χ1n) is 14.4. The van der Waals surface area contributed by atoms with Crippen molar-refractivity contribution in [3.63, 3.8) is 0 Å². The Morgan fingerprint density at radius 2 is 0.911 bits per heavy atom. The molecule has 0 aliphatic carbocycles. The summed E-state index contributed by atoms with van der Waals surface area (Å²) in [6, 6.07) is 62.0. The van der Waals surface area contributed by atoms with Crippen molar-refractivity contribution in [1.29, 1.82) is 0 Å². The molecule has 6 aromatic carbocycles. The summed E-state index contributed by atoms with van der Waals surface area (Å²) >= 11 is 3.12. The number of Topliss-reactive ketones (excluding diaryl/α,β-unsaturated/α-hetero) is 1. The topological polar surface area (TPSA) is 37.0 Å². The first-order chi connectivity index (χ1) is 22.2. The standard InChI is InChI=1S/C18H15P.C17H14O.C5H5.CO.Mn/c1-4-10-16(11-5-1)19(17-12-6-2-7-13-17)18-14-8-3-9-15-18;1-13(2)17(18)16(14-9-5-3-6-10-14)15-11-7-4-8-12-15;1-2-4-5-3-1;1-2;/h1-15H;3-12,16H,1H3;1-5H;;/q;;-1;;. The van der Waals surface area contributed by atoms with Crippen LogP contribution in [-0.4, -0.2) is 10.4 Å². The summed E-state index contributed by atoms with van der Waals surface area (Å²) < 4.78 is 10.3. The molecule has 0 heterocycles. The molecule has 6 rings (SSSR count). The summed E-state index contributed by atoms with van der Waals surface area (Å²) in [7, 11) is -0.446. The van der Waals surface area contributed by atoms with Crippen molar-refractivity contribution >= 4 is 34.2 Å². The summed E-state index contributed by atoms with van der Waals surface area (Å²) in [5, 5.41) is 4.19. The van der Waals surface area contributed by atoms with Crippen molar-refractivity contribution in [3.05, 3.63) is 205 Å². The second-order valence-electron chi connectivity index (χ2n) is 9.64. The minimum absolute atomic E-state index is 0.0641. The molecule has 45 heavy (non-hydrogen) atoms. The van der Waals surface area contributed by atoms with Gasteiger partial charge in [0, 0.05) is 0 Å². The van der Waals surface area contributed by atoms with E-state index in [9.17, 15) is 4.79 Å². The summed E-state index contributed by atoms with van der Waals surface area (Å²) in [5.74, 6) is -0.207. The molecule has 2 nitrogen and oxygen atoms in total. The number of ketones is 1. The van der Waals surface area contributed by atoms with Gasteiger partial charge in [0.1, 0.15) is 0 Å². The number of hydrogen-bond donors (Lipinski definition) is 0. The van der Waals surface area contributed by atoms with Crippen LogP contribution in [-0.2, 0) is 25.0 Å². The molecule has 0 saturated heterocycles. The van der Waals surface area contributed by atoms with E-state index in [1.807, 2.05) is 91.0 Å². The molecule has 0 unspecified atom stereocenters. The van der Waals surface area contributed by atoms with Gasteiger partial charge in [0.25, 0.3) is 0 Å². The van der Waals surface area contributed by atoms with Gasteiger partial charge in [0.15, 0.2) is 0 Å². The van der Waals surface area contributed by atoms with Crippen LogP contribution in [0.2, 0.25) is 0 Å². The fraction of sp³-hybridized carbons (Fsp3) is 0.0488. The average molecular weight is 645 g/mol. The zero-order valence-corrected chi connectivity index (χ0v) is 27.1. The summed E-state index contributed by atoms with van der Waals surface area (Å²) in [4.78, 5) is 12.5. The van der Waals surface area contributed by atoms with Crippen LogP contribution < -0.4 is 15.9 Å². The van der Waals surface area contributed by atoms with Gasteiger partial charge in [-0.3, -0.25) is 0 Å². The normalized spacial score (nSPS) is 9.62. The summed E-state index contributed by atoms with van der Waals surface area (Å²) in [5.41, 5.74) is 2.60. The second-order valence-corrected chi connectivity index (χ2v) is 12.2. The first-order valence-corrected chi connectivity index (χ1v) is 16.3. The van der Waals surface area contributed by atoms with Crippen LogP contribution >= 0.6 is 7.92 Å². The number of rotatable bonds is 7. The van der Waals surface area contributed by atoms with Crippen LogP contribution in [0.3, 0.4) is 0 Å². The Kier molecular flexibility index (Phi) is 15.9. The molecule has 0 aliphatic heterocycles. The Labute approximate surface area is 276 Å². The van der Waals surface area contributed by atoms with E-state index in [1.54, 1.807) is 6.92 Å². The van der Waals surface area contributed by atoms with E-state index in [0.717, 1.165) is 11.1 Å².